The van der Waals surface area contributed by atoms with E-state index < -0.39 is 11.9 Å². The number of methoxy groups -OCH3 is 1. The third-order valence-corrected chi connectivity index (χ3v) is 10.1. The number of nitrogens with zero attached hydrogens (tertiary/aromatic N) is 3. The Morgan fingerprint density at radius 1 is 0.609 bits per heavy atom. The highest BCUT2D eigenvalue weighted by Gasteiger charge is 2.19. The molecule has 0 radical (unpaired) electrons. The second-order valence-electron chi connectivity index (χ2n) is 15.0. The van der Waals surface area contributed by atoms with Gasteiger partial charge >= 0.3 is 11.9 Å². The minimum absolute atomic E-state index is 0.196. The van der Waals surface area contributed by atoms with Crippen molar-refractivity contribution < 1.29 is 43.5 Å². The van der Waals surface area contributed by atoms with Gasteiger partial charge in [0.15, 0.2) is 13.2 Å². The molecule has 2 atom stereocenters. The number of hydrogen-bond acceptors (Lipinski definition) is 10. The highest BCUT2D eigenvalue weighted by Crippen LogP contribution is 2.33. The molecule has 0 fully saturated rings. The van der Waals surface area contributed by atoms with Gasteiger partial charge in [-0.3, -0.25) is 0 Å². The van der Waals surface area contributed by atoms with Gasteiger partial charge < -0.3 is 33.9 Å². The normalized spacial score (nSPS) is 11.5. The van der Waals surface area contributed by atoms with Gasteiger partial charge in [-0.15, -0.1) is 0 Å². The average molecular weight is 866 g/mol. The SMILES string of the molecule is CCCC[C@@H](Oc1ccc(OCC(=O)O)c(C)c1)c1cccc(-c2ccc(C#N)cc2)n1.CCCC[C@@H](Oc1ccc(OCC(=O)O)c(C)c1)c1cccc(-c2ccc(OC)cc2)n1. The van der Waals surface area contributed by atoms with Crippen LogP contribution in [0.25, 0.3) is 22.5 Å². The summed E-state index contributed by atoms with van der Waals surface area (Å²) in [5, 5.41) is 26.6. The van der Waals surface area contributed by atoms with Crippen LogP contribution in [0.3, 0.4) is 0 Å². The third kappa shape index (κ3) is 14.3. The summed E-state index contributed by atoms with van der Waals surface area (Å²) in [4.78, 5) is 31.2. The summed E-state index contributed by atoms with van der Waals surface area (Å²) in [6.45, 7) is 7.25. The molecule has 0 aliphatic heterocycles. The summed E-state index contributed by atoms with van der Waals surface area (Å²) in [5.41, 5.74) is 7.60. The van der Waals surface area contributed by atoms with E-state index in [0.717, 1.165) is 89.3 Å². The Kier molecular flexibility index (Phi) is 18.1. The maximum atomic E-state index is 10.8. The number of carbonyl (C=O) groups is 2. The summed E-state index contributed by atoms with van der Waals surface area (Å²) in [5.74, 6) is 1.21. The van der Waals surface area contributed by atoms with Crippen LogP contribution in [0.5, 0.6) is 28.7 Å². The van der Waals surface area contributed by atoms with Gasteiger partial charge in [-0.05, 0) is 148 Å². The van der Waals surface area contributed by atoms with Gasteiger partial charge in [0, 0.05) is 11.1 Å². The lowest BCUT2D eigenvalue weighted by Gasteiger charge is -2.20. The minimum Gasteiger partial charge on any atom is -0.497 e. The van der Waals surface area contributed by atoms with Crippen molar-refractivity contribution in [1.29, 1.82) is 5.26 Å². The number of nitriles is 1. The second-order valence-corrected chi connectivity index (χ2v) is 15.0. The zero-order valence-electron chi connectivity index (χ0n) is 37.0. The van der Waals surface area contributed by atoms with Crippen LogP contribution in [0.4, 0.5) is 0 Å². The zero-order valence-corrected chi connectivity index (χ0v) is 37.0. The predicted molar refractivity (Wildman–Crippen MR) is 245 cm³/mol. The molecule has 0 unspecified atom stereocenters. The number of ether oxygens (including phenoxy) is 5. The molecule has 6 rings (SSSR count). The van der Waals surface area contributed by atoms with Crippen molar-refractivity contribution in [3.8, 4) is 57.3 Å². The third-order valence-electron chi connectivity index (χ3n) is 10.1. The molecule has 12 heteroatoms. The lowest BCUT2D eigenvalue weighted by molar-refractivity contribution is -0.140. The van der Waals surface area contributed by atoms with E-state index in [0.29, 0.717) is 28.6 Å². The average Bonchev–Trinajstić information content (AvgIpc) is 3.31. The van der Waals surface area contributed by atoms with E-state index in [9.17, 15) is 9.59 Å². The van der Waals surface area contributed by atoms with Crippen LogP contribution in [-0.4, -0.2) is 52.4 Å². The van der Waals surface area contributed by atoms with Gasteiger partial charge in [0.1, 0.15) is 41.0 Å². The molecule has 2 heterocycles. The molecule has 2 N–H and O–H groups in total. The molecule has 0 bridgehead atoms. The summed E-state index contributed by atoms with van der Waals surface area (Å²) in [6.07, 6.45) is 5.33. The van der Waals surface area contributed by atoms with E-state index in [4.69, 9.17) is 49.1 Å². The lowest BCUT2D eigenvalue weighted by Crippen LogP contribution is -2.11. The zero-order chi connectivity index (χ0) is 45.8. The molecule has 0 spiro atoms. The maximum absolute atomic E-state index is 10.8. The van der Waals surface area contributed by atoms with Crippen molar-refractivity contribution in [3.63, 3.8) is 0 Å². The monoisotopic (exact) mass is 865 g/mol. The van der Waals surface area contributed by atoms with Crippen molar-refractivity contribution >= 4 is 11.9 Å². The second kappa shape index (κ2) is 24.3. The number of hydrogen-bond donors (Lipinski definition) is 2. The first-order valence-corrected chi connectivity index (χ1v) is 21.3. The number of aliphatic carboxylic acids is 2. The van der Waals surface area contributed by atoms with E-state index in [1.165, 1.54) is 0 Å². The maximum Gasteiger partial charge on any atom is 0.341 e. The highest BCUT2D eigenvalue weighted by atomic mass is 16.5. The minimum atomic E-state index is -1.02. The Hall–Kier alpha value is -7.39. The fourth-order valence-electron chi connectivity index (χ4n) is 6.70. The molecule has 332 valence electrons. The fourth-order valence-corrected chi connectivity index (χ4v) is 6.70. The first kappa shape index (κ1) is 47.7. The Morgan fingerprint density at radius 2 is 1.03 bits per heavy atom. The molecule has 64 heavy (non-hydrogen) atoms. The van der Waals surface area contributed by atoms with E-state index in [1.54, 1.807) is 43.5 Å². The molecule has 4 aromatic carbocycles. The number of pyridine rings is 2. The van der Waals surface area contributed by atoms with Crippen molar-refractivity contribution in [1.82, 2.24) is 9.97 Å². The molecule has 6 aromatic rings. The van der Waals surface area contributed by atoms with Crippen LogP contribution in [-0.2, 0) is 9.59 Å². The predicted octanol–water partition coefficient (Wildman–Crippen LogP) is 11.5. The van der Waals surface area contributed by atoms with E-state index in [2.05, 4.69) is 19.9 Å². The molecule has 0 saturated carbocycles. The molecule has 12 nitrogen and oxygen atoms in total. The van der Waals surface area contributed by atoms with Crippen molar-refractivity contribution in [2.45, 2.75) is 78.4 Å². The quantitative estimate of drug-likeness (QED) is 0.0703. The number of benzene rings is 4. The largest absolute Gasteiger partial charge is 0.497 e. The number of unbranched alkanes of at least 4 members (excludes halogenated alkanes) is 2. The number of aryl methyl sites for hydroxylation is 2. The molecule has 0 aliphatic rings. The van der Waals surface area contributed by atoms with Crippen LogP contribution in [0, 0.1) is 25.2 Å². The number of aromatic nitrogens is 2. The van der Waals surface area contributed by atoms with E-state index in [-0.39, 0.29) is 25.4 Å². The van der Waals surface area contributed by atoms with E-state index >= 15 is 0 Å². The number of carboxylic acid groups (broad SMARTS) is 2. The lowest BCUT2D eigenvalue weighted by atomic mass is 10.1. The number of carboxylic acids is 2. The Bertz CT molecular complexity index is 2480. The Balaban J connectivity index is 0.000000241. The Labute approximate surface area is 375 Å². The van der Waals surface area contributed by atoms with Gasteiger partial charge in [-0.2, -0.15) is 5.26 Å². The molecular weight excluding hydrogens is 811 g/mol. The standard InChI is InChI=1S/C26H26N2O4.C26H29NO5/c1-3-4-8-25(32-21-13-14-24(18(2)15-21)31-17-26(29)30)23-7-5-6-22(28-23)20-11-9-19(16-27)10-12-20;1-4-5-9-25(32-21-14-15-24(18(2)16-21)31-17-26(28)29)23-8-6-7-22(27-23)19-10-12-20(30-3)13-11-19/h5-7,9-15,25H,3-4,8,17H2,1-2H3,(H,29,30);6-8,10-16,25H,4-5,9,17H2,1-3H3,(H,28,29)/t2*25-/m11/s1. The summed E-state index contributed by atoms with van der Waals surface area (Å²) in [7, 11) is 1.65. The van der Waals surface area contributed by atoms with Gasteiger partial charge in [0.05, 0.1) is 41.5 Å². The summed E-state index contributed by atoms with van der Waals surface area (Å²) < 4.78 is 28.5. The molecule has 0 amide bonds. The molecule has 2 aromatic heterocycles. The number of rotatable bonds is 21. The smallest absolute Gasteiger partial charge is 0.341 e. The molecular formula is C52H55N3O9. The highest BCUT2D eigenvalue weighted by molar-refractivity contribution is 5.69. The van der Waals surface area contributed by atoms with Crippen molar-refractivity contribution in [2.75, 3.05) is 20.3 Å². The van der Waals surface area contributed by atoms with Gasteiger partial charge in [-0.25, -0.2) is 19.6 Å². The van der Waals surface area contributed by atoms with Crippen LogP contribution in [0.1, 0.15) is 92.7 Å². The van der Waals surface area contributed by atoms with Gasteiger partial charge in [0.2, 0.25) is 0 Å². The van der Waals surface area contributed by atoms with Crippen LogP contribution in [0.15, 0.2) is 121 Å². The first-order valence-electron chi connectivity index (χ1n) is 21.3. The van der Waals surface area contributed by atoms with Crippen LogP contribution in [0.2, 0.25) is 0 Å². The fraction of sp³-hybridized carbons (Fsp3) is 0.288. The molecule has 0 saturated heterocycles. The first-order chi connectivity index (χ1) is 31.0. The topological polar surface area (TPSA) is 170 Å². The summed E-state index contributed by atoms with van der Waals surface area (Å²) in [6, 6.07) is 39.9. The van der Waals surface area contributed by atoms with Crippen molar-refractivity contribution in [2.24, 2.45) is 0 Å². The van der Waals surface area contributed by atoms with Gasteiger partial charge in [-0.1, -0.05) is 51.0 Å². The summed E-state index contributed by atoms with van der Waals surface area (Å²) >= 11 is 0. The van der Waals surface area contributed by atoms with E-state index in [1.807, 2.05) is 98.8 Å². The molecule has 0 aliphatic carbocycles. The van der Waals surface area contributed by atoms with Gasteiger partial charge in [0.25, 0.3) is 0 Å². The van der Waals surface area contributed by atoms with Crippen molar-refractivity contribution in [3.05, 3.63) is 149 Å². The Morgan fingerprint density at radius 3 is 1.41 bits per heavy atom. The van der Waals surface area contributed by atoms with Crippen LogP contribution >= 0.6 is 0 Å². The van der Waals surface area contributed by atoms with Crippen LogP contribution < -0.4 is 23.7 Å².